The molecule has 1 amide bonds. The van der Waals surface area contributed by atoms with Gasteiger partial charge in [0.15, 0.2) is 0 Å². The third-order valence-electron chi connectivity index (χ3n) is 4.27. The molecule has 0 saturated heterocycles. The van der Waals surface area contributed by atoms with E-state index >= 15 is 0 Å². The van der Waals surface area contributed by atoms with E-state index in [0.29, 0.717) is 12.5 Å². The quantitative estimate of drug-likeness (QED) is 0.667. The average Bonchev–Trinajstić information content (AvgIpc) is 2.61. The van der Waals surface area contributed by atoms with Crippen molar-refractivity contribution in [3.8, 4) is 0 Å². The van der Waals surface area contributed by atoms with Gasteiger partial charge in [0.05, 0.1) is 5.71 Å². The van der Waals surface area contributed by atoms with E-state index in [1.807, 2.05) is 44.0 Å². The fraction of sp³-hybridized carbons (Fsp3) is 0.550. The Morgan fingerprint density at radius 1 is 1.29 bits per heavy atom. The van der Waals surface area contributed by atoms with Gasteiger partial charge in [-0.2, -0.15) is 0 Å². The Labute approximate surface area is 146 Å². The highest BCUT2D eigenvalue weighted by molar-refractivity contribution is 6.09. The maximum Gasteiger partial charge on any atom is 0.229 e. The normalized spacial score (nSPS) is 12.8. The molecule has 0 aromatic carbocycles. The first-order valence-corrected chi connectivity index (χ1v) is 8.90. The zero-order valence-electron chi connectivity index (χ0n) is 15.9. The molecule has 4 heteroatoms. The van der Waals surface area contributed by atoms with Crippen molar-refractivity contribution in [2.75, 3.05) is 13.6 Å². The highest BCUT2D eigenvalue weighted by atomic mass is 16.2. The number of aliphatic imine (C=N–C) groups is 1. The number of pyridine rings is 1. The molecule has 24 heavy (non-hydrogen) atoms. The summed E-state index contributed by atoms with van der Waals surface area (Å²) in [6, 6.07) is 3.90. The summed E-state index contributed by atoms with van der Waals surface area (Å²) in [5.74, 6) is 0.474. The first kappa shape index (κ1) is 20.1. The van der Waals surface area contributed by atoms with Gasteiger partial charge in [-0.15, -0.1) is 0 Å². The van der Waals surface area contributed by atoms with Crippen LogP contribution in [-0.4, -0.2) is 35.1 Å². The van der Waals surface area contributed by atoms with Crippen LogP contribution in [0.3, 0.4) is 0 Å². The minimum Gasteiger partial charge on any atom is -0.316 e. The van der Waals surface area contributed by atoms with Crippen molar-refractivity contribution in [1.82, 2.24) is 9.88 Å². The second-order valence-electron chi connectivity index (χ2n) is 6.17. The van der Waals surface area contributed by atoms with Crippen molar-refractivity contribution in [2.24, 2.45) is 16.8 Å². The minimum atomic E-state index is -0.0249. The third kappa shape index (κ3) is 5.02. The summed E-state index contributed by atoms with van der Waals surface area (Å²) in [6.07, 6.45) is 7.62. The van der Waals surface area contributed by atoms with Gasteiger partial charge in [0, 0.05) is 43.2 Å². The highest BCUT2D eigenvalue weighted by Gasteiger charge is 2.24. The maximum atomic E-state index is 12.7. The number of rotatable bonds is 8. The standard InChI is InChI=1S/C20H31N3O/c1-7-16(8-2)19(23(9-3)20(24)15(4)5)13-18(21-6)17-11-10-12-22-14-17/h10-16H,7-9H2,1-6H3. The number of carbonyl (C=O) groups is 1. The molecule has 0 atom stereocenters. The van der Waals surface area contributed by atoms with Crippen LogP contribution in [0.2, 0.25) is 0 Å². The molecule has 0 fully saturated rings. The summed E-state index contributed by atoms with van der Waals surface area (Å²) >= 11 is 0. The molecule has 1 rings (SSSR count). The average molecular weight is 329 g/mol. The Balaban J connectivity index is 3.38. The lowest BCUT2D eigenvalue weighted by Gasteiger charge is -2.31. The molecule has 0 radical (unpaired) electrons. The number of nitrogens with zero attached hydrogens (tertiary/aromatic N) is 3. The molecule has 0 unspecified atom stereocenters. The monoisotopic (exact) mass is 329 g/mol. The van der Waals surface area contributed by atoms with Crippen LogP contribution in [0.15, 0.2) is 41.3 Å². The van der Waals surface area contributed by atoms with E-state index in [-0.39, 0.29) is 11.8 Å². The molecule has 0 N–H and O–H groups in total. The Morgan fingerprint density at radius 2 is 1.96 bits per heavy atom. The van der Waals surface area contributed by atoms with Crippen molar-refractivity contribution < 1.29 is 4.79 Å². The molecule has 1 aromatic heterocycles. The fourth-order valence-electron chi connectivity index (χ4n) is 2.83. The molecule has 0 aliphatic carbocycles. The van der Waals surface area contributed by atoms with Crippen LogP contribution in [-0.2, 0) is 4.79 Å². The van der Waals surface area contributed by atoms with Gasteiger partial charge in [0.25, 0.3) is 0 Å². The Bertz CT molecular complexity index is 572. The van der Waals surface area contributed by atoms with Crippen molar-refractivity contribution >= 4 is 11.6 Å². The van der Waals surface area contributed by atoms with Gasteiger partial charge >= 0.3 is 0 Å². The summed E-state index contributed by atoms with van der Waals surface area (Å²) in [6.45, 7) is 10.9. The van der Waals surface area contributed by atoms with Crippen LogP contribution in [0, 0.1) is 11.8 Å². The first-order valence-electron chi connectivity index (χ1n) is 8.90. The molecule has 0 spiro atoms. The number of hydrogen-bond donors (Lipinski definition) is 0. The van der Waals surface area contributed by atoms with Crippen LogP contribution < -0.4 is 0 Å². The predicted octanol–water partition coefficient (Wildman–Crippen LogP) is 4.33. The zero-order valence-corrected chi connectivity index (χ0v) is 15.9. The molecule has 1 heterocycles. The summed E-state index contributed by atoms with van der Waals surface area (Å²) in [7, 11) is 1.78. The Kier molecular flexibility index (Phi) is 8.37. The van der Waals surface area contributed by atoms with E-state index < -0.39 is 0 Å². The van der Waals surface area contributed by atoms with E-state index in [1.54, 1.807) is 13.2 Å². The van der Waals surface area contributed by atoms with Gasteiger partial charge in [0.2, 0.25) is 5.91 Å². The highest BCUT2D eigenvalue weighted by Crippen LogP contribution is 2.25. The molecular formula is C20H31N3O. The number of aromatic nitrogens is 1. The molecule has 0 bridgehead atoms. The number of amides is 1. The first-order chi connectivity index (χ1) is 11.5. The molecule has 1 aromatic rings. The lowest BCUT2D eigenvalue weighted by molar-refractivity contribution is -0.132. The molecule has 0 aliphatic rings. The fourth-order valence-corrected chi connectivity index (χ4v) is 2.83. The van der Waals surface area contributed by atoms with Gasteiger partial charge in [0.1, 0.15) is 0 Å². The summed E-state index contributed by atoms with van der Waals surface area (Å²) in [5.41, 5.74) is 2.89. The van der Waals surface area contributed by atoms with Crippen molar-refractivity contribution in [3.05, 3.63) is 41.9 Å². The molecule has 0 aliphatic heterocycles. The maximum absolute atomic E-state index is 12.7. The van der Waals surface area contributed by atoms with Gasteiger partial charge in [-0.05, 0) is 43.9 Å². The topological polar surface area (TPSA) is 45.6 Å². The van der Waals surface area contributed by atoms with E-state index in [0.717, 1.165) is 29.8 Å². The smallest absolute Gasteiger partial charge is 0.229 e. The summed E-state index contributed by atoms with van der Waals surface area (Å²) < 4.78 is 0. The van der Waals surface area contributed by atoms with Crippen molar-refractivity contribution in [3.63, 3.8) is 0 Å². The SMILES string of the molecule is CCC(CC)C(=CC(=NC)c1cccnc1)N(CC)C(=O)C(C)C. The van der Waals surface area contributed by atoms with Gasteiger partial charge in [-0.1, -0.05) is 27.7 Å². The van der Waals surface area contributed by atoms with Crippen LogP contribution >= 0.6 is 0 Å². The van der Waals surface area contributed by atoms with Gasteiger partial charge in [-0.3, -0.25) is 14.8 Å². The minimum absolute atomic E-state index is 0.0249. The molecular weight excluding hydrogens is 298 g/mol. The predicted molar refractivity (Wildman–Crippen MR) is 101 cm³/mol. The molecule has 4 nitrogen and oxygen atoms in total. The lowest BCUT2D eigenvalue weighted by Crippen LogP contribution is -2.36. The molecule has 132 valence electrons. The van der Waals surface area contributed by atoms with E-state index in [9.17, 15) is 4.79 Å². The second-order valence-corrected chi connectivity index (χ2v) is 6.17. The summed E-state index contributed by atoms with van der Waals surface area (Å²) in [5, 5.41) is 0. The van der Waals surface area contributed by atoms with Crippen LogP contribution in [0.4, 0.5) is 0 Å². The largest absolute Gasteiger partial charge is 0.316 e. The van der Waals surface area contributed by atoms with Crippen molar-refractivity contribution in [1.29, 1.82) is 0 Å². The van der Waals surface area contributed by atoms with Gasteiger partial charge < -0.3 is 4.90 Å². The second kappa shape index (κ2) is 10.0. The number of carbonyl (C=O) groups excluding carboxylic acids is 1. The zero-order chi connectivity index (χ0) is 18.1. The van der Waals surface area contributed by atoms with Crippen LogP contribution in [0.1, 0.15) is 53.0 Å². The summed E-state index contributed by atoms with van der Waals surface area (Å²) in [4.78, 5) is 23.2. The Hall–Kier alpha value is -1.97. The Morgan fingerprint density at radius 3 is 2.38 bits per heavy atom. The number of hydrogen-bond acceptors (Lipinski definition) is 3. The lowest BCUT2D eigenvalue weighted by atomic mass is 9.95. The van der Waals surface area contributed by atoms with Gasteiger partial charge in [-0.25, -0.2) is 0 Å². The van der Waals surface area contributed by atoms with Crippen LogP contribution in [0.25, 0.3) is 0 Å². The molecule has 0 saturated carbocycles. The van der Waals surface area contributed by atoms with E-state index in [4.69, 9.17) is 0 Å². The van der Waals surface area contributed by atoms with Crippen LogP contribution in [0.5, 0.6) is 0 Å². The van der Waals surface area contributed by atoms with Crippen molar-refractivity contribution in [2.45, 2.75) is 47.5 Å². The van der Waals surface area contributed by atoms with E-state index in [1.165, 1.54) is 0 Å². The number of allylic oxidation sites excluding steroid dienone is 2. The third-order valence-corrected chi connectivity index (χ3v) is 4.27. The van der Waals surface area contributed by atoms with E-state index in [2.05, 4.69) is 29.9 Å².